The molecule has 0 N–H and O–H groups in total. The van der Waals surface area contributed by atoms with Gasteiger partial charge in [0.2, 0.25) is 0 Å². The first-order chi connectivity index (χ1) is 6.19. The van der Waals surface area contributed by atoms with E-state index in [-0.39, 0.29) is 0 Å². The smallest absolute Gasteiger partial charge is 0.0559 e. The molecule has 0 spiro atoms. The molecule has 1 rings (SSSR count). The van der Waals surface area contributed by atoms with Gasteiger partial charge in [0.15, 0.2) is 0 Å². The maximum Gasteiger partial charge on any atom is 0.0559 e. The third kappa shape index (κ3) is 2.80. The minimum atomic E-state index is 0.767. The number of halogens is 2. The van der Waals surface area contributed by atoms with Crippen LogP contribution in [0.2, 0.25) is 10.0 Å². The van der Waals surface area contributed by atoms with Crippen molar-refractivity contribution in [2.45, 2.75) is 24.7 Å². The molecule has 72 valence electrons. The number of thioether (sulfide) groups is 1. The molecular formula is C10H12Cl2S. The molecular weight excluding hydrogens is 223 g/mol. The van der Waals surface area contributed by atoms with Crippen molar-refractivity contribution in [3.63, 3.8) is 0 Å². The molecule has 0 atom stereocenters. The zero-order valence-electron chi connectivity index (χ0n) is 7.73. The standard InChI is InChI=1S/C10H12Cl2S/c1-3-4-7-5-8(11)10(13-2)9(12)6-7/h5-6H,3-4H2,1-2H3. The van der Waals surface area contributed by atoms with E-state index >= 15 is 0 Å². The van der Waals surface area contributed by atoms with E-state index in [2.05, 4.69) is 6.92 Å². The number of aryl methyl sites for hydroxylation is 1. The predicted molar refractivity (Wildman–Crippen MR) is 62.2 cm³/mol. The van der Waals surface area contributed by atoms with Crippen molar-refractivity contribution in [3.8, 4) is 0 Å². The molecule has 0 saturated heterocycles. The first kappa shape index (κ1) is 11.2. The highest BCUT2D eigenvalue weighted by Crippen LogP contribution is 2.33. The van der Waals surface area contributed by atoms with Gasteiger partial charge in [-0.25, -0.2) is 0 Å². The van der Waals surface area contributed by atoms with Crippen LogP contribution >= 0.6 is 35.0 Å². The molecule has 0 saturated carbocycles. The Bertz CT molecular complexity index is 274. The Balaban J connectivity index is 3.05. The molecule has 13 heavy (non-hydrogen) atoms. The van der Waals surface area contributed by atoms with Crippen molar-refractivity contribution in [1.29, 1.82) is 0 Å². The lowest BCUT2D eigenvalue weighted by atomic mass is 10.1. The van der Waals surface area contributed by atoms with Gasteiger partial charge in [0.05, 0.1) is 10.0 Å². The summed E-state index contributed by atoms with van der Waals surface area (Å²) in [6.07, 6.45) is 4.13. The molecule has 0 heterocycles. The lowest BCUT2D eigenvalue weighted by Crippen LogP contribution is -1.85. The molecule has 0 bridgehead atoms. The van der Waals surface area contributed by atoms with Crippen LogP contribution in [0.4, 0.5) is 0 Å². The zero-order valence-corrected chi connectivity index (χ0v) is 10.1. The van der Waals surface area contributed by atoms with Gasteiger partial charge in [0.25, 0.3) is 0 Å². The first-order valence-electron chi connectivity index (χ1n) is 4.21. The van der Waals surface area contributed by atoms with Gasteiger partial charge in [-0.2, -0.15) is 0 Å². The Morgan fingerprint density at radius 3 is 2.15 bits per heavy atom. The van der Waals surface area contributed by atoms with Crippen molar-refractivity contribution < 1.29 is 0 Å². The third-order valence-electron chi connectivity index (χ3n) is 1.80. The predicted octanol–water partition coefficient (Wildman–Crippen LogP) is 4.67. The van der Waals surface area contributed by atoms with Crippen LogP contribution in [0.3, 0.4) is 0 Å². The molecule has 0 nitrogen and oxygen atoms in total. The SMILES string of the molecule is CCCc1cc(Cl)c(SC)c(Cl)c1. The topological polar surface area (TPSA) is 0 Å². The van der Waals surface area contributed by atoms with Crippen LogP contribution in [-0.4, -0.2) is 6.26 Å². The maximum absolute atomic E-state index is 6.07. The number of benzene rings is 1. The second-order valence-electron chi connectivity index (χ2n) is 2.84. The van der Waals surface area contributed by atoms with E-state index in [9.17, 15) is 0 Å². The monoisotopic (exact) mass is 234 g/mol. The fraction of sp³-hybridized carbons (Fsp3) is 0.400. The van der Waals surface area contributed by atoms with Crippen molar-refractivity contribution in [1.82, 2.24) is 0 Å². The molecule has 0 aliphatic rings. The van der Waals surface area contributed by atoms with E-state index in [1.165, 1.54) is 5.56 Å². The summed E-state index contributed by atoms with van der Waals surface area (Å²) in [4.78, 5) is 0.975. The summed E-state index contributed by atoms with van der Waals surface area (Å²) in [6, 6.07) is 4.01. The van der Waals surface area contributed by atoms with E-state index in [0.29, 0.717) is 0 Å². The average molecular weight is 235 g/mol. The lowest BCUT2D eigenvalue weighted by Gasteiger charge is -2.06. The van der Waals surface area contributed by atoms with Gasteiger partial charge in [-0.15, -0.1) is 11.8 Å². The molecule has 1 aromatic rings. The summed E-state index contributed by atoms with van der Waals surface area (Å²) in [5, 5.41) is 1.53. The summed E-state index contributed by atoms with van der Waals surface area (Å²) < 4.78 is 0. The van der Waals surface area contributed by atoms with Crippen LogP contribution < -0.4 is 0 Å². The maximum atomic E-state index is 6.07. The van der Waals surface area contributed by atoms with E-state index in [0.717, 1.165) is 27.8 Å². The number of hydrogen-bond donors (Lipinski definition) is 0. The molecule has 1 aromatic carbocycles. The minimum Gasteiger partial charge on any atom is -0.127 e. The number of rotatable bonds is 3. The molecule has 0 aliphatic carbocycles. The van der Waals surface area contributed by atoms with Crippen molar-refractivity contribution >= 4 is 35.0 Å². The van der Waals surface area contributed by atoms with Crippen molar-refractivity contribution in [2.24, 2.45) is 0 Å². The normalized spacial score (nSPS) is 10.5. The van der Waals surface area contributed by atoms with Gasteiger partial charge in [-0.3, -0.25) is 0 Å². The summed E-state index contributed by atoms with van der Waals surface area (Å²) in [7, 11) is 0. The van der Waals surface area contributed by atoms with Gasteiger partial charge >= 0.3 is 0 Å². The summed E-state index contributed by atoms with van der Waals surface area (Å²) >= 11 is 13.7. The highest BCUT2D eigenvalue weighted by atomic mass is 35.5. The Kier molecular flexibility index (Phi) is 4.43. The largest absolute Gasteiger partial charge is 0.127 e. The molecule has 0 unspecified atom stereocenters. The van der Waals surface area contributed by atoms with Gasteiger partial charge < -0.3 is 0 Å². The average Bonchev–Trinajstić information content (AvgIpc) is 2.04. The second-order valence-corrected chi connectivity index (χ2v) is 4.47. The fourth-order valence-corrected chi connectivity index (χ4v) is 2.74. The Morgan fingerprint density at radius 1 is 1.23 bits per heavy atom. The summed E-state index contributed by atoms with van der Waals surface area (Å²) in [5.41, 5.74) is 1.22. The van der Waals surface area contributed by atoms with Crippen LogP contribution in [0.25, 0.3) is 0 Å². The van der Waals surface area contributed by atoms with E-state index in [1.54, 1.807) is 11.8 Å². The van der Waals surface area contributed by atoms with E-state index < -0.39 is 0 Å². The van der Waals surface area contributed by atoms with Crippen LogP contribution in [0.15, 0.2) is 17.0 Å². The Labute approximate surface area is 93.6 Å². The summed E-state index contributed by atoms with van der Waals surface area (Å²) in [5.74, 6) is 0. The third-order valence-corrected chi connectivity index (χ3v) is 3.47. The van der Waals surface area contributed by atoms with Gasteiger partial charge in [-0.05, 0) is 30.4 Å². The molecule has 0 radical (unpaired) electrons. The lowest BCUT2D eigenvalue weighted by molar-refractivity contribution is 0.920. The highest BCUT2D eigenvalue weighted by molar-refractivity contribution is 7.98. The molecule has 0 aliphatic heterocycles. The molecule has 0 aromatic heterocycles. The van der Waals surface area contributed by atoms with Gasteiger partial charge in [0.1, 0.15) is 0 Å². The van der Waals surface area contributed by atoms with Crippen LogP contribution in [0.5, 0.6) is 0 Å². The molecule has 0 amide bonds. The second kappa shape index (κ2) is 5.14. The van der Waals surface area contributed by atoms with Crippen molar-refractivity contribution in [3.05, 3.63) is 27.7 Å². The van der Waals surface area contributed by atoms with Crippen molar-refractivity contribution in [2.75, 3.05) is 6.26 Å². The highest BCUT2D eigenvalue weighted by Gasteiger charge is 2.06. The Hall–Kier alpha value is 0.150. The molecule has 3 heteroatoms. The molecule has 0 fully saturated rings. The van der Waals surface area contributed by atoms with E-state index in [1.807, 2.05) is 18.4 Å². The summed E-state index contributed by atoms with van der Waals surface area (Å²) in [6.45, 7) is 2.14. The fourth-order valence-electron chi connectivity index (χ4n) is 1.24. The van der Waals surface area contributed by atoms with Crippen LogP contribution in [-0.2, 0) is 6.42 Å². The van der Waals surface area contributed by atoms with Crippen LogP contribution in [0.1, 0.15) is 18.9 Å². The zero-order chi connectivity index (χ0) is 9.84. The number of hydrogen-bond acceptors (Lipinski definition) is 1. The van der Waals surface area contributed by atoms with E-state index in [4.69, 9.17) is 23.2 Å². The first-order valence-corrected chi connectivity index (χ1v) is 6.19. The van der Waals surface area contributed by atoms with Crippen LogP contribution in [0, 0.1) is 0 Å². The quantitative estimate of drug-likeness (QED) is 0.686. The van der Waals surface area contributed by atoms with Gasteiger partial charge in [-0.1, -0.05) is 36.5 Å². The van der Waals surface area contributed by atoms with Gasteiger partial charge in [0, 0.05) is 4.90 Å². The Morgan fingerprint density at radius 2 is 1.77 bits per heavy atom. The minimum absolute atomic E-state index is 0.767.